The number of hydrogen-bond donors (Lipinski definition) is 5. The number of ether oxygens (including phenoxy) is 2. The first-order valence-corrected chi connectivity index (χ1v) is 33.9. The number of carboxylic acids is 1. The maximum absolute atomic E-state index is 13.4. The highest BCUT2D eigenvalue weighted by molar-refractivity contribution is 6.04. The SMILES string of the molecule is CN1CCN(C2CCC(N)CC2)CC1.COc1cc(C(=O)NC2CCC(N3CCN(C)CC3)CC2)ccc1Nc1ncc2c(n1)N(C1CCCC1)CC1(CC1)C(=O)N2C.COc1cc(C(=O)O)ccc1Nc1ncc2c(n1)N(C1CCCC1)CC1(CC1)C(=O)N2C. The van der Waals surface area contributed by atoms with E-state index in [4.69, 9.17) is 25.2 Å². The molecular weight excluding hydrogens is 1150 g/mol. The lowest BCUT2D eigenvalue weighted by atomic mass is 9.89. The molecule has 23 heteroatoms. The number of aromatic carboxylic acids is 1. The van der Waals surface area contributed by atoms with E-state index in [1.165, 1.54) is 96.8 Å². The van der Waals surface area contributed by atoms with Crippen molar-refractivity contribution in [1.29, 1.82) is 0 Å². The number of benzene rings is 2. The van der Waals surface area contributed by atoms with Crippen molar-refractivity contribution in [3.8, 4) is 11.5 Å². The van der Waals surface area contributed by atoms with Crippen LogP contribution < -0.4 is 50.8 Å². The minimum absolute atomic E-state index is 0.0712. The van der Waals surface area contributed by atoms with Gasteiger partial charge in [-0.05, 0) is 153 Å². The van der Waals surface area contributed by atoms with Crippen molar-refractivity contribution in [3.05, 3.63) is 59.9 Å². The molecule has 2 spiro atoms. The average Bonchev–Trinajstić information content (AvgIpc) is 1.60. The molecule has 10 aliphatic rings. The van der Waals surface area contributed by atoms with Crippen molar-refractivity contribution >= 4 is 70.0 Å². The Morgan fingerprint density at radius 2 is 0.956 bits per heavy atom. The first kappa shape index (κ1) is 64.2. The van der Waals surface area contributed by atoms with E-state index in [1.807, 2.05) is 26.2 Å². The predicted octanol–water partition coefficient (Wildman–Crippen LogP) is 7.96. The van der Waals surface area contributed by atoms with Crippen molar-refractivity contribution in [2.75, 3.05) is 138 Å². The minimum Gasteiger partial charge on any atom is -0.495 e. The number of nitrogens with one attached hydrogen (secondary N) is 3. The molecule has 3 amide bonds. The first-order chi connectivity index (χ1) is 44.0. The van der Waals surface area contributed by atoms with Crippen molar-refractivity contribution in [1.82, 2.24) is 44.9 Å². The molecule has 0 atom stereocenters. The zero-order chi connectivity index (χ0) is 63.6. The number of aromatic nitrogens is 4. The summed E-state index contributed by atoms with van der Waals surface area (Å²) in [5.74, 6) is 2.58. The van der Waals surface area contributed by atoms with Crippen LogP contribution >= 0.6 is 0 Å². The molecule has 492 valence electrons. The number of methoxy groups -OCH3 is 2. The van der Waals surface area contributed by atoms with Gasteiger partial charge in [-0.1, -0.05) is 25.7 Å². The maximum atomic E-state index is 13.4. The number of fused-ring (bicyclic) bond motifs is 2. The molecule has 2 aromatic heterocycles. The molecule has 0 unspecified atom stereocenters. The molecule has 6 saturated carbocycles. The Labute approximate surface area is 537 Å². The third-order valence-electron chi connectivity index (χ3n) is 21.8. The number of carbonyl (C=O) groups is 4. The zero-order valence-corrected chi connectivity index (χ0v) is 54.6. The van der Waals surface area contributed by atoms with Crippen LogP contribution in [0.5, 0.6) is 11.5 Å². The van der Waals surface area contributed by atoms with Gasteiger partial charge in [-0.15, -0.1) is 0 Å². The molecule has 14 rings (SSSR count). The van der Waals surface area contributed by atoms with E-state index >= 15 is 0 Å². The standard InChI is InChI=1S/C34H48N8O3.C23H27N5O4.C11H23N3/c1-39-16-18-41(19-17-39)25-11-9-24(10-12-25)36-31(43)23-8-13-27(29(20-23)45-3)37-33-35-21-28-30(38-33)42(26-6-4-5-7-26)22-34(14-15-34)32(44)40(28)2;1-27-17-12-24-22(25-16-8-7-14(20(29)30)11-18(16)32-2)26-19(17)28(15-5-3-4-6-15)13-23(9-10-23)21(27)31;1-13-6-8-14(9-7-13)11-4-2-10(12)3-5-11/h8,13,20-21,24-26H,4-7,9-12,14-19,22H2,1-3H3,(H,36,43)(H,35,37,38);7-8,11-12,15H,3-6,9-10,13H2,1-2H3,(H,29,30)(H,24,25,26);10-11H,2-9,12H2,1H3. The van der Waals surface area contributed by atoms with Gasteiger partial charge in [0.1, 0.15) is 22.9 Å². The maximum Gasteiger partial charge on any atom is 0.335 e. The number of carboxylic acid groups (broad SMARTS) is 1. The van der Waals surface area contributed by atoms with Gasteiger partial charge in [0.15, 0.2) is 11.6 Å². The van der Waals surface area contributed by atoms with Crippen molar-refractivity contribution < 1.29 is 33.8 Å². The monoisotopic (exact) mass is 1250 g/mol. The minimum atomic E-state index is -1.02. The molecule has 8 fully saturated rings. The van der Waals surface area contributed by atoms with Gasteiger partial charge in [0.05, 0.1) is 54.4 Å². The van der Waals surface area contributed by atoms with Crippen LogP contribution in [0.25, 0.3) is 0 Å². The molecule has 0 bridgehead atoms. The topological polar surface area (TPSA) is 247 Å². The number of rotatable bonds is 13. The fraction of sp³-hybridized carbons (Fsp3) is 0.647. The van der Waals surface area contributed by atoms with Crippen LogP contribution in [0.3, 0.4) is 0 Å². The summed E-state index contributed by atoms with van der Waals surface area (Å²) in [6, 6.07) is 13.0. The van der Waals surface area contributed by atoms with Crippen LogP contribution in [0.2, 0.25) is 0 Å². The van der Waals surface area contributed by atoms with E-state index in [9.17, 15) is 24.3 Å². The van der Waals surface area contributed by atoms with Gasteiger partial charge >= 0.3 is 5.97 Å². The summed E-state index contributed by atoms with van der Waals surface area (Å²) in [6.45, 7) is 11.0. The number of likely N-dealkylation sites (N-methyl/N-ethyl adjacent to an activating group) is 2. The number of nitrogens with zero attached hydrogens (tertiary/aromatic N) is 12. The van der Waals surface area contributed by atoms with Gasteiger partial charge in [-0.2, -0.15) is 9.97 Å². The predicted molar refractivity (Wildman–Crippen MR) is 355 cm³/mol. The van der Waals surface area contributed by atoms with Gasteiger partial charge in [0.25, 0.3) is 5.91 Å². The Morgan fingerprint density at radius 1 is 0.549 bits per heavy atom. The molecule has 6 N–H and O–H groups in total. The third kappa shape index (κ3) is 14.4. The quantitative estimate of drug-likeness (QED) is 0.0852. The second-order valence-corrected chi connectivity index (χ2v) is 27.8. The fourth-order valence-corrected chi connectivity index (χ4v) is 15.5. The molecule has 2 aromatic carbocycles. The number of amides is 3. The number of anilines is 8. The van der Waals surface area contributed by atoms with Crippen LogP contribution in [0.4, 0.5) is 46.3 Å². The van der Waals surface area contributed by atoms with Crippen LogP contribution in [-0.2, 0) is 9.59 Å². The average molecular weight is 1250 g/mol. The Balaban J connectivity index is 0.000000150. The largest absolute Gasteiger partial charge is 0.495 e. The Bertz CT molecular complexity index is 3210. The summed E-state index contributed by atoms with van der Waals surface area (Å²) in [6.07, 6.45) is 25.8. The molecule has 4 aliphatic heterocycles. The van der Waals surface area contributed by atoms with Crippen molar-refractivity contribution in [2.45, 2.75) is 165 Å². The summed E-state index contributed by atoms with van der Waals surface area (Å²) in [7, 11) is 11.2. The van der Waals surface area contributed by atoms with Crippen LogP contribution in [0.1, 0.15) is 149 Å². The summed E-state index contributed by atoms with van der Waals surface area (Å²) in [4.78, 5) is 88.3. The molecule has 2 saturated heterocycles. The summed E-state index contributed by atoms with van der Waals surface area (Å²) >= 11 is 0. The molecular formula is C68H98N16O7. The fourth-order valence-electron chi connectivity index (χ4n) is 15.5. The summed E-state index contributed by atoms with van der Waals surface area (Å²) < 4.78 is 11.1. The molecule has 6 aliphatic carbocycles. The van der Waals surface area contributed by atoms with E-state index in [0.29, 0.717) is 71.0 Å². The number of nitrogens with two attached hydrogens (primary N) is 1. The van der Waals surface area contributed by atoms with Gasteiger partial charge < -0.3 is 65.7 Å². The van der Waals surface area contributed by atoms with Gasteiger partial charge in [0, 0.05) is 121 Å². The summed E-state index contributed by atoms with van der Waals surface area (Å²) in [5, 5.41) is 19.0. The third-order valence-corrected chi connectivity index (χ3v) is 21.8. The molecule has 91 heavy (non-hydrogen) atoms. The van der Waals surface area contributed by atoms with E-state index in [2.05, 4.69) is 69.4 Å². The second-order valence-electron chi connectivity index (χ2n) is 27.8. The van der Waals surface area contributed by atoms with Crippen LogP contribution in [0.15, 0.2) is 48.8 Å². The molecule has 0 radical (unpaired) electrons. The van der Waals surface area contributed by atoms with Gasteiger partial charge in [-0.25, -0.2) is 14.8 Å². The Hall–Kier alpha value is -6.92. The van der Waals surface area contributed by atoms with E-state index in [-0.39, 0.29) is 40.2 Å². The molecule has 6 heterocycles. The van der Waals surface area contributed by atoms with Gasteiger partial charge in [0.2, 0.25) is 23.7 Å². The van der Waals surface area contributed by atoms with Crippen molar-refractivity contribution in [2.24, 2.45) is 16.6 Å². The molecule has 23 nitrogen and oxygen atoms in total. The van der Waals surface area contributed by atoms with Crippen LogP contribution in [0, 0.1) is 10.8 Å². The number of hydrogen-bond acceptors (Lipinski definition) is 19. The summed E-state index contributed by atoms with van der Waals surface area (Å²) in [5.41, 5.74) is 8.78. The van der Waals surface area contributed by atoms with Gasteiger partial charge in [-0.3, -0.25) is 24.2 Å². The number of carbonyl (C=O) groups excluding carboxylic acids is 3. The van der Waals surface area contributed by atoms with Crippen molar-refractivity contribution in [3.63, 3.8) is 0 Å². The first-order valence-electron chi connectivity index (χ1n) is 33.9. The highest BCUT2D eigenvalue weighted by Crippen LogP contribution is 2.54. The highest BCUT2D eigenvalue weighted by atomic mass is 16.5. The van der Waals surface area contributed by atoms with E-state index < -0.39 is 5.97 Å². The smallest absolute Gasteiger partial charge is 0.335 e. The number of piperazine rings is 2. The van der Waals surface area contributed by atoms with Crippen LogP contribution in [-0.4, -0.2) is 212 Å². The Kier molecular flexibility index (Phi) is 19.6. The lowest BCUT2D eigenvalue weighted by Crippen LogP contribution is -2.51. The lowest BCUT2D eigenvalue weighted by Gasteiger charge is -2.41. The Morgan fingerprint density at radius 3 is 1.36 bits per heavy atom. The highest BCUT2D eigenvalue weighted by Gasteiger charge is 2.57. The van der Waals surface area contributed by atoms with E-state index in [0.717, 1.165) is 139 Å². The zero-order valence-electron chi connectivity index (χ0n) is 54.6. The normalized spacial score (nSPS) is 25.3. The lowest BCUT2D eigenvalue weighted by molar-refractivity contribution is -0.123. The molecule has 4 aromatic rings. The second kappa shape index (κ2) is 27.7. The van der Waals surface area contributed by atoms with E-state index in [1.54, 1.807) is 41.4 Å².